The van der Waals surface area contributed by atoms with Crippen LogP contribution in [-0.4, -0.2) is 85.9 Å². The van der Waals surface area contributed by atoms with Crippen LogP contribution < -0.4 is 0 Å². The van der Waals surface area contributed by atoms with Crippen LogP contribution in [0.4, 0.5) is 0 Å². The van der Waals surface area contributed by atoms with E-state index < -0.39 is 0 Å². The second kappa shape index (κ2) is 29.9. The van der Waals surface area contributed by atoms with Gasteiger partial charge >= 0.3 is 11.9 Å². The largest absolute Gasteiger partial charge is 0.465 e. The normalized spacial score (nSPS) is 14.8. The van der Waals surface area contributed by atoms with Crippen molar-refractivity contribution in [2.45, 2.75) is 174 Å². The molecule has 7 heteroatoms. The Bertz CT molecular complexity index is 716. The van der Waals surface area contributed by atoms with Crippen LogP contribution in [0, 0.1) is 11.8 Å². The quantitative estimate of drug-likeness (QED) is 0.0560. The van der Waals surface area contributed by atoms with Gasteiger partial charge < -0.3 is 19.5 Å². The van der Waals surface area contributed by atoms with E-state index in [4.69, 9.17) is 9.47 Å². The Hall–Kier alpha value is -1.18. The number of hydrogen-bond acceptors (Lipinski definition) is 7. The molecule has 1 N–H and O–H groups in total. The highest BCUT2D eigenvalue weighted by molar-refractivity contribution is 5.70. The number of carbonyl (C=O) groups is 2. The van der Waals surface area contributed by atoms with E-state index in [0.29, 0.717) is 44.6 Å². The zero-order chi connectivity index (χ0) is 33.7. The summed E-state index contributed by atoms with van der Waals surface area (Å²) in [5, 5.41) is 9.25. The molecule has 7 nitrogen and oxygen atoms in total. The van der Waals surface area contributed by atoms with E-state index >= 15 is 0 Å². The lowest BCUT2D eigenvalue weighted by Crippen LogP contribution is -2.44. The summed E-state index contributed by atoms with van der Waals surface area (Å²) in [5.74, 6) is 0.265. The third-order valence-electron chi connectivity index (χ3n) is 9.98. The monoisotopic (exact) mass is 653 g/mol. The number of aliphatic hydroxyl groups is 1. The Kier molecular flexibility index (Phi) is 27.9. The topological polar surface area (TPSA) is 79.3 Å². The second-order valence-electron chi connectivity index (χ2n) is 14.3. The molecule has 1 saturated carbocycles. The van der Waals surface area contributed by atoms with Crippen molar-refractivity contribution in [1.82, 2.24) is 9.80 Å². The van der Waals surface area contributed by atoms with Gasteiger partial charge in [0.1, 0.15) is 0 Å². The highest BCUT2D eigenvalue weighted by atomic mass is 16.5. The van der Waals surface area contributed by atoms with Crippen molar-refractivity contribution in [3.8, 4) is 0 Å². The summed E-state index contributed by atoms with van der Waals surface area (Å²) in [6, 6.07) is 0.689. The maximum atomic E-state index is 13.1. The molecule has 0 aromatic heterocycles. The predicted octanol–water partition coefficient (Wildman–Crippen LogP) is 8.95. The van der Waals surface area contributed by atoms with Crippen molar-refractivity contribution in [3.05, 3.63) is 0 Å². The van der Waals surface area contributed by atoms with Gasteiger partial charge in [-0.25, -0.2) is 0 Å². The fourth-order valence-corrected chi connectivity index (χ4v) is 6.50. The molecule has 0 bridgehead atoms. The van der Waals surface area contributed by atoms with E-state index in [9.17, 15) is 14.7 Å². The Morgan fingerprint density at radius 3 is 1.80 bits per heavy atom. The summed E-state index contributed by atoms with van der Waals surface area (Å²) < 4.78 is 11.6. The van der Waals surface area contributed by atoms with Gasteiger partial charge in [-0.1, -0.05) is 111 Å². The molecule has 2 atom stereocenters. The van der Waals surface area contributed by atoms with Crippen LogP contribution >= 0.6 is 0 Å². The molecule has 272 valence electrons. The van der Waals surface area contributed by atoms with Crippen molar-refractivity contribution in [2.24, 2.45) is 11.8 Å². The summed E-state index contributed by atoms with van der Waals surface area (Å²) in [4.78, 5) is 30.3. The lowest BCUT2D eigenvalue weighted by molar-refractivity contribution is -0.150. The average Bonchev–Trinajstić information content (AvgIpc) is 3.01. The van der Waals surface area contributed by atoms with Gasteiger partial charge in [0, 0.05) is 44.4 Å². The van der Waals surface area contributed by atoms with Crippen LogP contribution in [0.5, 0.6) is 0 Å². The standard InChI is InChI=1S/C39H76N2O5/c1-5-8-11-13-14-17-22-35(21-16-12-9-6-2)32-39(44)46-34-36(33-45-38(43)26-15-10-7-3)23-18-19-27-41(37-24-20-25-37)29-28-40(4)30-31-42/h35-37,42H,5-34H2,1-4H3. The van der Waals surface area contributed by atoms with Gasteiger partial charge in [0.2, 0.25) is 0 Å². The lowest BCUT2D eigenvalue weighted by atomic mass is 9.91. The first kappa shape index (κ1) is 42.8. The van der Waals surface area contributed by atoms with E-state index in [1.165, 1.54) is 83.5 Å². The van der Waals surface area contributed by atoms with E-state index in [1.807, 2.05) is 0 Å². The molecule has 1 fully saturated rings. The number of ether oxygens (including phenoxy) is 2. The number of likely N-dealkylation sites (N-methyl/N-ethyl adjacent to an activating group) is 1. The minimum Gasteiger partial charge on any atom is -0.465 e. The SMILES string of the molecule is CCCCCCCCC(CCCCCC)CC(=O)OCC(CCCCN(CCN(C)CCO)C1CCC1)COC(=O)CCCCC. The van der Waals surface area contributed by atoms with Crippen LogP contribution in [0.15, 0.2) is 0 Å². The van der Waals surface area contributed by atoms with Crippen molar-refractivity contribution < 1.29 is 24.2 Å². The van der Waals surface area contributed by atoms with Crippen LogP contribution in [0.3, 0.4) is 0 Å². The third kappa shape index (κ3) is 23.2. The Morgan fingerprint density at radius 2 is 1.20 bits per heavy atom. The van der Waals surface area contributed by atoms with E-state index in [0.717, 1.165) is 71.0 Å². The van der Waals surface area contributed by atoms with E-state index in [2.05, 4.69) is 37.6 Å². The van der Waals surface area contributed by atoms with Gasteiger partial charge in [-0.05, 0) is 64.5 Å². The highest BCUT2D eigenvalue weighted by Crippen LogP contribution is 2.26. The molecular formula is C39H76N2O5. The summed E-state index contributed by atoms with van der Waals surface area (Å²) in [5.41, 5.74) is 0. The van der Waals surface area contributed by atoms with Crippen LogP contribution in [0.2, 0.25) is 0 Å². The van der Waals surface area contributed by atoms with Gasteiger partial charge in [0.15, 0.2) is 0 Å². The molecule has 1 aliphatic carbocycles. The molecule has 1 rings (SSSR count). The molecular weight excluding hydrogens is 576 g/mol. The minimum atomic E-state index is -0.126. The summed E-state index contributed by atoms with van der Waals surface area (Å²) >= 11 is 0. The van der Waals surface area contributed by atoms with Gasteiger partial charge in [0.25, 0.3) is 0 Å². The number of esters is 2. The van der Waals surface area contributed by atoms with Crippen LogP contribution in [-0.2, 0) is 19.1 Å². The highest BCUT2D eigenvalue weighted by Gasteiger charge is 2.25. The number of carbonyl (C=O) groups excluding carboxylic acids is 2. The van der Waals surface area contributed by atoms with Crippen molar-refractivity contribution in [1.29, 1.82) is 0 Å². The second-order valence-corrected chi connectivity index (χ2v) is 14.3. The summed E-state index contributed by atoms with van der Waals surface area (Å²) in [6.45, 7) is 11.3. The summed E-state index contributed by atoms with van der Waals surface area (Å²) in [6.07, 6.45) is 25.8. The fraction of sp³-hybridized carbons (Fsp3) is 0.949. The number of hydrogen-bond donors (Lipinski definition) is 1. The molecule has 46 heavy (non-hydrogen) atoms. The van der Waals surface area contributed by atoms with Crippen molar-refractivity contribution >= 4 is 11.9 Å². The van der Waals surface area contributed by atoms with E-state index in [-0.39, 0.29) is 24.5 Å². The van der Waals surface area contributed by atoms with Crippen molar-refractivity contribution in [2.75, 3.05) is 53.0 Å². The molecule has 0 radical (unpaired) electrons. The Morgan fingerprint density at radius 1 is 0.652 bits per heavy atom. The van der Waals surface area contributed by atoms with Gasteiger partial charge in [-0.2, -0.15) is 0 Å². The lowest BCUT2D eigenvalue weighted by Gasteiger charge is -2.38. The molecule has 2 unspecified atom stereocenters. The number of nitrogens with zero attached hydrogens (tertiary/aromatic N) is 2. The molecule has 0 aromatic rings. The van der Waals surface area contributed by atoms with Crippen LogP contribution in [0.1, 0.15) is 168 Å². The smallest absolute Gasteiger partial charge is 0.306 e. The molecule has 0 heterocycles. The third-order valence-corrected chi connectivity index (χ3v) is 9.98. The Balaban J connectivity index is 2.61. The van der Waals surface area contributed by atoms with E-state index in [1.54, 1.807) is 0 Å². The maximum Gasteiger partial charge on any atom is 0.306 e. The first-order chi connectivity index (χ1) is 22.4. The van der Waals surface area contributed by atoms with Crippen molar-refractivity contribution in [3.63, 3.8) is 0 Å². The molecule has 0 aliphatic heterocycles. The van der Waals surface area contributed by atoms with Gasteiger partial charge in [-0.3, -0.25) is 14.5 Å². The minimum absolute atomic E-state index is 0.0495. The Labute approximate surface area is 284 Å². The zero-order valence-corrected chi connectivity index (χ0v) is 30.9. The number of rotatable bonds is 33. The first-order valence-corrected chi connectivity index (χ1v) is 19.8. The van der Waals surface area contributed by atoms with Gasteiger partial charge in [0.05, 0.1) is 19.8 Å². The number of unbranched alkanes of at least 4 members (excludes halogenated alkanes) is 11. The number of aliphatic hydroxyl groups excluding tert-OH is 1. The molecule has 0 aromatic carbocycles. The summed E-state index contributed by atoms with van der Waals surface area (Å²) in [7, 11) is 2.08. The molecule has 0 amide bonds. The molecule has 0 saturated heterocycles. The molecule has 0 spiro atoms. The molecule has 1 aliphatic rings. The maximum absolute atomic E-state index is 13.1. The average molecular weight is 653 g/mol. The van der Waals surface area contributed by atoms with Crippen LogP contribution in [0.25, 0.3) is 0 Å². The zero-order valence-electron chi connectivity index (χ0n) is 30.9. The van der Waals surface area contributed by atoms with Gasteiger partial charge in [-0.15, -0.1) is 0 Å². The first-order valence-electron chi connectivity index (χ1n) is 19.8. The fourth-order valence-electron chi connectivity index (χ4n) is 6.50. The predicted molar refractivity (Wildman–Crippen MR) is 192 cm³/mol.